The second-order valence-corrected chi connectivity index (χ2v) is 4.89. The number of benzene rings is 1. The minimum absolute atomic E-state index is 0.0592. The number of rotatable bonds is 2. The molecule has 1 fully saturated rings. The number of carbonyl (C=O) groups excluding carboxylic acids is 1. The Labute approximate surface area is 108 Å². The summed E-state index contributed by atoms with van der Waals surface area (Å²) < 4.78 is 5.79. The summed E-state index contributed by atoms with van der Waals surface area (Å²) in [6.07, 6.45) is 0.260. The zero-order chi connectivity index (χ0) is 12.4. The third-order valence-electron chi connectivity index (χ3n) is 2.86. The van der Waals surface area contributed by atoms with Crippen LogP contribution in [0.25, 0.3) is 0 Å². The molecule has 4 nitrogen and oxygen atoms in total. The largest absolute Gasteiger partial charge is 0.497 e. The van der Waals surface area contributed by atoms with Gasteiger partial charge in [-0.25, -0.2) is 0 Å². The van der Waals surface area contributed by atoms with Crippen molar-refractivity contribution in [3.05, 3.63) is 28.2 Å². The first kappa shape index (κ1) is 12.4. The predicted molar refractivity (Wildman–Crippen MR) is 67.2 cm³/mol. The number of β-amino-alcohol motifs (C(OH)–C–C–N with tert-alkyl or cyclic N) is 1. The lowest BCUT2D eigenvalue weighted by Gasteiger charge is -2.16. The van der Waals surface area contributed by atoms with Gasteiger partial charge in [-0.1, -0.05) is 0 Å². The number of ether oxygens (including phenoxy) is 1. The maximum atomic E-state index is 12.2. The van der Waals surface area contributed by atoms with Crippen molar-refractivity contribution in [2.24, 2.45) is 0 Å². The van der Waals surface area contributed by atoms with Crippen LogP contribution in [-0.2, 0) is 0 Å². The quantitative estimate of drug-likeness (QED) is 0.904. The zero-order valence-corrected chi connectivity index (χ0v) is 11.1. The van der Waals surface area contributed by atoms with Crippen molar-refractivity contribution in [1.82, 2.24) is 4.90 Å². The molecule has 1 aromatic carbocycles. The van der Waals surface area contributed by atoms with Gasteiger partial charge in [-0.05, 0) is 40.5 Å². The number of nitrogens with zero attached hydrogens (tertiary/aromatic N) is 1. The fraction of sp³-hybridized carbons (Fsp3) is 0.417. The van der Waals surface area contributed by atoms with Gasteiger partial charge in [0.1, 0.15) is 5.75 Å². The molecule has 17 heavy (non-hydrogen) atoms. The van der Waals surface area contributed by atoms with Crippen molar-refractivity contribution >= 4 is 21.8 Å². The summed E-state index contributed by atoms with van der Waals surface area (Å²) in [4.78, 5) is 13.8. The van der Waals surface area contributed by atoms with Gasteiger partial charge in [0.15, 0.2) is 0 Å². The van der Waals surface area contributed by atoms with Crippen LogP contribution in [0, 0.1) is 0 Å². The normalized spacial score (nSPS) is 19.5. The first-order valence-corrected chi connectivity index (χ1v) is 6.22. The van der Waals surface area contributed by atoms with Gasteiger partial charge in [-0.3, -0.25) is 4.79 Å². The van der Waals surface area contributed by atoms with Crippen molar-refractivity contribution in [1.29, 1.82) is 0 Å². The summed E-state index contributed by atoms with van der Waals surface area (Å²) >= 11 is 3.36. The Kier molecular flexibility index (Phi) is 3.69. The van der Waals surface area contributed by atoms with Crippen LogP contribution in [0.15, 0.2) is 22.7 Å². The first-order chi connectivity index (χ1) is 8.11. The standard InChI is InChI=1S/C12H14BrNO3/c1-17-9-2-3-10(11(13)6-9)12(16)14-5-4-8(15)7-14/h2-3,6,8,15H,4-5,7H2,1H3/t8-/m1/s1. The highest BCUT2D eigenvalue weighted by Gasteiger charge is 2.26. The lowest BCUT2D eigenvalue weighted by molar-refractivity contribution is 0.0764. The molecule has 1 N–H and O–H groups in total. The predicted octanol–water partition coefficient (Wildman–Crippen LogP) is 1.66. The molecule has 92 valence electrons. The van der Waals surface area contributed by atoms with E-state index < -0.39 is 6.10 Å². The van der Waals surface area contributed by atoms with E-state index in [0.717, 1.165) is 0 Å². The van der Waals surface area contributed by atoms with Crippen LogP contribution in [0.1, 0.15) is 16.8 Å². The van der Waals surface area contributed by atoms with E-state index in [-0.39, 0.29) is 5.91 Å². The van der Waals surface area contributed by atoms with Crippen LogP contribution >= 0.6 is 15.9 Å². The van der Waals surface area contributed by atoms with Gasteiger partial charge in [0.2, 0.25) is 0 Å². The summed E-state index contributed by atoms with van der Waals surface area (Å²) in [7, 11) is 1.58. The molecule has 5 heteroatoms. The molecule has 0 spiro atoms. The summed E-state index contributed by atoms with van der Waals surface area (Å²) in [6.45, 7) is 1.02. The van der Waals surface area contributed by atoms with Crippen LogP contribution in [-0.4, -0.2) is 42.2 Å². The lowest BCUT2D eigenvalue weighted by atomic mass is 10.2. The molecule has 1 heterocycles. The van der Waals surface area contributed by atoms with Crippen LogP contribution in [0.5, 0.6) is 5.75 Å². The number of carbonyl (C=O) groups is 1. The van der Waals surface area contributed by atoms with Gasteiger partial charge in [-0.15, -0.1) is 0 Å². The van der Waals surface area contributed by atoms with Gasteiger partial charge in [-0.2, -0.15) is 0 Å². The Morgan fingerprint density at radius 2 is 2.35 bits per heavy atom. The Hall–Kier alpha value is -1.07. The minimum Gasteiger partial charge on any atom is -0.497 e. The Morgan fingerprint density at radius 3 is 2.88 bits per heavy atom. The van der Waals surface area contributed by atoms with E-state index in [9.17, 15) is 9.90 Å². The number of aliphatic hydroxyl groups is 1. The number of halogens is 1. The number of methoxy groups -OCH3 is 1. The van der Waals surface area contributed by atoms with Crippen molar-refractivity contribution in [2.75, 3.05) is 20.2 Å². The molecule has 1 aromatic rings. The van der Waals surface area contributed by atoms with Gasteiger partial charge in [0.05, 0.1) is 18.8 Å². The highest BCUT2D eigenvalue weighted by molar-refractivity contribution is 9.10. The molecule has 0 saturated carbocycles. The molecule has 0 unspecified atom stereocenters. The molecule has 1 aliphatic rings. The molecular formula is C12H14BrNO3. The van der Waals surface area contributed by atoms with E-state index >= 15 is 0 Å². The average molecular weight is 300 g/mol. The number of hydrogen-bond acceptors (Lipinski definition) is 3. The molecule has 1 saturated heterocycles. The fourth-order valence-electron chi connectivity index (χ4n) is 1.89. The van der Waals surface area contributed by atoms with E-state index in [0.29, 0.717) is 35.3 Å². The van der Waals surface area contributed by atoms with Crippen molar-refractivity contribution < 1.29 is 14.6 Å². The summed E-state index contributed by atoms with van der Waals surface area (Å²) in [6, 6.07) is 5.25. The van der Waals surface area contributed by atoms with Gasteiger partial charge in [0, 0.05) is 17.6 Å². The smallest absolute Gasteiger partial charge is 0.255 e. The van der Waals surface area contributed by atoms with Crippen LogP contribution < -0.4 is 4.74 Å². The Balaban J connectivity index is 2.19. The molecule has 0 aromatic heterocycles. The maximum Gasteiger partial charge on any atom is 0.255 e. The molecular weight excluding hydrogens is 286 g/mol. The Bertz CT molecular complexity index is 436. The van der Waals surface area contributed by atoms with Crippen LogP contribution in [0.4, 0.5) is 0 Å². The van der Waals surface area contributed by atoms with Crippen LogP contribution in [0.3, 0.4) is 0 Å². The molecule has 1 amide bonds. The van der Waals surface area contributed by atoms with Gasteiger partial charge in [0.25, 0.3) is 5.91 Å². The highest BCUT2D eigenvalue weighted by atomic mass is 79.9. The van der Waals surface area contributed by atoms with Crippen LogP contribution in [0.2, 0.25) is 0 Å². The molecule has 0 aliphatic carbocycles. The van der Waals surface area contributed by atoms with Crippen molar-refractivity contribution in [3.8, 4) is 5.75 Å². The number of amides is 1. The number of aliphatic hydroxyl groups excluding tert-OH is 1. The molecule has 0 bridgehead atoms. The zero-order valence-electron chi connectivity index (χ0n) is 9.52. The monoisotopic (exact) mass is 299 g/mol. The molecule has 1 aliphatic heterocycles. The van der Waals surface area contributed by atoms with Gasteiger partial charge < -0.3 is 14.7 Å². The number of hydrogen-bond donors (Lipinski definition) is 1. The third kappa shape index (κ3) is 2.61. The topological polar surface area (TPSA) is 49.8 Å². The first-order valence-electron chi connectivity index (χ1n) is 5.42. The SMILES string of the molecule is COc1ccc(C(=O)N2CC[C@@H](O)C2)c(Br)c1. The minimum atomic E-state index is -0.393. The average Bonchev–Trinajstić information content (AvgIpc) is 2.75. The Morgan fingerprint density at radius 1 is 1.59 bits per heavy atom. The van der Waals surface area contributed by atoms with Gasteiger partial charge >= 0.3 is 0 Å². The fourth-order valence-corrected chi connectivity index (χ4v) is 2.42. The van der Waals surface area contributed by atoms with Crippen molar-refractivity contribution in [2.45, 2.75) is 12.5 Å². The lowest BCUT2D eigenvalue weighted by Crippen LogP contribution is -2.29. The van der Waals surface area contributed by atoms with E-state index in [1.54, 1.807) is 30.2 Å². The summed E-state index contributed by atoms with van der Waals surface area (Å²) in [5.74, 6) is 0.644. The van der Waals surface area contributed by atoms with E-state index in [2.05, 4.69) is 15.9 Å². The second-order valence-electron chi connectivity index (χ2n) is 4.04. The summed E-state index contributed by atoms with van der Waals surface area (Å²) in [5, 5.41) is 9.42. The molecule has 2 rings (SSSR count). The number of likely N-dealkylation sites (tertiary alicyclic amines) is 1. The van der Waals surface area contributed by atoms with Crippen molar-refractivity contribution in [3.63, 3.8) is 0 Å². The summed E-state index contributed by atoms with van der Waals surface area (Å²) in [5.41, 5.74) is 0.597. The molecule has 0 radical (unpaired) electrons. The second kappa shape index (κ2) is 5.06. The third-order valence-corrected chi connectivity index (χ3v) is 3.51. The van der Waals surface area contributed by atoms with E-state index in [1.807, 2.05) is 0 Å². The molecule has 1 atom stereocenters. The van der Waals surface area contributed by atoms with E-state index in [1.165, 1.54) is 0 Å². The van der Waals surface area contributed by atoms with E-state index in [4.69, 9.17) is 4.74 Å². The highest BCUT2D eigenvalue weighted by Crippen LogP contribution is 2.25. The maximum absolute atomic E-state index is 12.2.